The highest BCUT2D eigenvalue weighted by Crippen LogP contribution is 2.37. The van der Waals surface area contributed by atoms with Gasteiger partial charge in [0.2, 0.25) is 0 Å². The Kier molecular flexibility index (Phi) is 1.61. The monoisotopic (exact) mass is 215 g/mol. The van der Waals surface area contributed by atoms with Crippen molar-refractivity contribution in [3.8, 4) is 11.4 Å². The highest BCUT2D eigenvalue weighted by Gasteiger charge is 2.30. The maximum atomic E-state index is 9.52. The summed E-state index contributed by atoms with van der Waals surface area (Å²) in [6.45, 7) is 4.21. The molecule has 0 spiro atoms. The number of imidazole rings is 1. The number of rotatable bonds is 0. The third kappa shape index (κ3) is 1.13. The summed E-state index contributed by atoms with van der Waals surface area (Å²) in [7, 11) is 0. The molecule has 0 fully saturated rings. The van der Waals surface area contributed by atoms with Gasteiger partial charge >= 0.3 is 0 Å². The van der Waals surface area contributed by atoms with E-state index < -0.39 is 0 Å². The van der Waals surface area contributed by atoms with Crippen LogP contribution in [-0.2, 0) is 5.54 Å². The summed E-state index contributed by atoms with van der Waals surface area (Å²) in [4.78, 5) is 4.17. The maximum Gasteiger partial charge on any atom is 0.117 e. The number of phenolic OH excluding ortho intramolecular Hbond substituents is 1. The lowest BCUT2D eigenvalue weighted by molar-refractivity contribution is 0.474. The molecule has 1 aliphatic rings. The Balaban J connectivity index is 2.31. The number of aromatic hydroxyl groups is 1. The van der Waals surface area contributed by atoms with E-state index in [0.29, 0.717) is 0 Å². The summed E-state index contributed by atoms with van der Waals surface area (Å²) in [5.74, 6) is 0.264. The molecule has 0 saturated carbocycles. The fourth-order valence-electron chi connectivity index (χ4n) is 2.18. The fraction of sp³-hybridized carbons (Fsp3) is 0.250. The van der Waals surface area contributed by atoms with Gasteiger partial charge in [-0.15, -0.1) is 0 Å². The fourth-order valence-corrected chi connectivity index (χ4v) is 2.18. The molecule has 0 unspecified atom stereocenters. The molecule has 2 N–H and O–H groups in total. The van der Waals surface area contributed by atoms with Crippen LogP contribution < -0.4 is 5.32 Å². The van der Waals surface area contributed by atoms with E-state index in [1.54, 1.807) is 18.5 Å². The number of hydrogen-bond acceptors (Lipinski definition) is 3. The third-order valence-corrected chi connectivity index (χ3v) is 2.97. The SMILES string of the molecule is CC1(C)Nc2ccc(O)cc2-n2cncc21. The smallest absolute Gasteiger partial charge is 0.117 e. The lowest BCUT2D eigenvalue weighted by Gasteiger charge is -2.34. The van der Waals surface area contributed by atoms with Crippen molar-refractivity contribution in [2.45, 2.75) is 19.4 Å². The molecule has 4 heteroatoms. The van der Waals surface area contributed by atoms with E-state index in [2.05, 4.69) is 24.1 Å². The number of anilines is 1. The number of nitrogens with zero attached hydrogens (tertiary/aromatic N) is 2. The average molecular weight is 215 g/mol. The van der Waals surface area contributed by atoms with Crippen molar-refractivity contribution in [1.29, 1.82) is 0 Å². The predicted octanol–water partition coefficient (Wildman–Crippen LogP) is 2.24. The van der Waals surface area contributed by atoms with Gasteiger partial charge in [-0.2, -0.15) is 0 Å². The van der Waals surface area contributed by atoms with Gasteiger partial charge in [-0.05, 0) is 26.0 Å². The van der Waals surface area contributed by atoms with Gasteiger partial charge < -0.3 is 10.4 Å². The molecule has 2 aromatic rings. The second kappa shape index (κ2) is 2.78. The molecule has 3 rings (SSSR count). The van der Waals surface area contributed by atoms with Crippen molar-refractivity contribution < 1.29 is 5.11 Å². The van der Waals surface area contributed by atoms with Crippen LogP contribution in [0.5, 0.6) is 5.75 Å². The maximum absolute atomic E-state index is 9.52. The lowest BCUT2D eigenvalue weighted by Crippen LogP contribution is -2.34. The minimum atomic E-state index is -0.152. The van der Waals surface area contributed by atoms with Gasteiger partial charge in [0.25, 0.3) is 0 Å². The molecule has 82 valence electrons. The molecule has 1 aromatic carbocycles. The predicted molar refractivity (Wildman–Crippen MR) is 61.9 cm³/mol. The van der Waals surface area contributed by atoms with Crippen LogP contribution >= 0.6 is 0 Å². The van der Waals surface area contributed by atoms with Crippen LogP contribution in [0.4, 0.5) is 5.69 Å². The van der Waals surface area contributed by atoms with Crippen molar-refractivity contribution in [2.24, 2.45) is 0 Å². The minimum absolute atomic E-state index is 0.152. The Bertz CT molecular complexity index is 557. The first-order chi connectivity index (χ1) is 7.58. The van der Waals surface area contributed by atoms with Crippen molar-refractivity contribution >= 4 is 5.69 Å². The topological polar surface area (TPSA) is 50.1 Å². The van der Waals surface area contributed by atoms with Crippen molar-refractivity contribution in [2.75, 3.05) is 5.32 Å². The largest absolute Gasteiger partial charge is 0.508 e. The molecule has 1 aromatic heterocycles. The molecule has 0 atom stereocenters. The summed E-state index contributed by atoms with van der Waals surface area (Å²) in [5.41, 5.74) is 2.88. The minimum Gasteiger partial charge on any atom is -0.508 e. The van der Waals surface area contributed by atoms with Crippen LogP contribution in [0.3, 0.4) is 0 Å². The molecule has 0 bridgehead atoms. The number of nitrogens with one attached hydrogen (secondary N) is 1. The van der Waals surface area contributed by atoms with Gasteiger partial charge in [0.15, 0.2) is 0 Å². The third-order valence-electron chi connectivity index (χ3n) is 2.97. The molecule has 0 saturated heterocycles. The zero-order valence-electron chi connectivity index (χ0n) is 9.23. The first-order valence-corrected chi connectivity index (χ1v) is 5.22. The number of aromatic nitrogens is 2. The number of phenols is 1. The standard InChI is InChI=1S/C12H13N3O/c1-12(2)11-6-13-7-15(11)10-5-8(16)3-4-9(10)14-12/h3-7,14,16H,1-2H3. The van der Waals surface area contributed by atoms with E-state index >= 15 is 0 Å². The summed E-state index contributed by atoms with van der Waals surface area (Å²) in [6.07, 6.45) is 3.62. The number of fused-ring (bicyclic) bond motifs is 3. The van der Waals surface area contributed by atoms with E-state index in [4.69, 9.17) is 0 Å². The van der Waals surface area contributed by atoms with Gasteiger partial charge in [-0.25, -0.2) is 4.98 Å². The molecule has 4 nitrogen and oxygen atoms in total. The Labute approximate surface area is 93.6 Å². The molecular formula is C12H13N3O. The van der Waals surface area contributed by atoms with Gasteiger partial charge in [-0.3, -0.25) is 4.57 Å². The molecule has 0 aliphatic carbocycles. The molecule has 1 aliphatic heterocycles. The van der Waals surface area contributed by atoms with E-state index in [0.717, 1.165) is 17.1 Å². The second-order valence-corrected chi connectivity index (χ2v) is 4.60. The number of benzene rings is 1. The first-order valence-electron chi connectivity index (χ1n) is 5.22. The normalized spacial score (nSPS) is 16.1. The van der Waals surface area contributed by atoms with Gasteiger partial charge in [0.05, 0.1) is 35.1 Å². The van der Waals surface area contributed by atoms with E-state index in [1.807, 2.05) is 16.8 Å². The Hall–Kier alpha value is -1.97. The van der Waals surface area contributed by atoms with E-state index in [-0.39, 0.29) is 11.3 Å². The number of hydrogen-bond donors (Lipinski definition) is 2. The zero-order chi connectivity index (χ0) is 11.3. The van der Waals surface area contributed by atoms with Crippen molar-refractivity contribution in [1.82, 2.24) is 9.55 Å². The van der Waals surface area contributed by atoms with Crippen LogP contribution in [0.25, 0.3) is 5.69 Å². The van der Waals surface area contributed by atoms with Gasteiger partial charge in [0, 0.05) is 6.07 Å². The average Bonchev–Trinajstić information content (AvgIpc) is 2.69. The Morgan fingerprint density at radius 3 is 3.00 bits per heavy atom. The summed E-state index contributed by atoms with van der Waals surface area (Å²) in [6, 6.07) is 5.31. The molecule has 0 radical (unpaired) electrons. The summed E-state index contributed by atoms with van der Waals surface area (Å²) in [5, 5.41) is 13.0. The first kappa shape index (κ1) is 9.27. The molecule has 16 heavy (non-hydrogen) atoms. The second-order valence-electron chi connectivity index (χ2n) is 4.60. The van der Waals surface area contributed by atoms with Crippen molar-refractivity contribution in [3.05, 3.63) is 36.4 Å². The van der Waals surface area contributed by atoms with Crippen LogP contribution in [-0.4, -0.2) is 14.7 Å². The van der Waals surface area contributed by atoms with Crippen LogP contribution in [0.15, 0.2) is 30.7 Å². The van der Waals surface area contributed by atoms with E-state index in [1.165, 1.54) is 0 Å². The Morgan fingerprint density at radius 2 is 2.19 bits per heavy atom. The van der Waals surface area contributed by atoms with Crippen LogP contribution in [0.1, 0.15) is 19.5 Å². The van der Waals surface area contributed by atoms with Crippen molar-refractivity contribution in [3.63, 3.8) is 0 Å². The zero-order valence-corrected chi connectivity index (χ0v) is 9.23. The molecular weight excluding hydrogens is 202 g/mol. The molecule has 2 heterocycles. The van der Waals surface area contributed by atoms with Gasteiger partial charge in [-0.1, -0.05) is 0 Å². The summed E-state index contributed by atoms with van der Waals surface area (Å²) < 4.78 is 2.01. The quantitative estimate of drug-likeness (QED) is 0.662. The summed E-state index contributed by atoms with van der Waals surface area (Å²) >= 11 is 0. The van der Waals surface area contributed by atoms with Gasteiger partial charge in [0.1, 0.15) is 5.75 Å². The highest BCUT2D eigenvalue weighted by atomic mass is 16.3. The lowest BCUT2D eigenvalue weighted by atomic mass is 9.97. The molecule has 0 amide bonds. The van der Waals surface area contributed by atoms with E-state index in [9.17, 15) is 5.11 Å². The Morgan fingerprint density at radius 1 is 1.38 bits per heavy atom. The van der Waals surface area contributed by atoms with Crippen LogP contribution in [0, 0.1) is 0 Å². The van der Waals surface area contributed by atoms with Crippen LogP contribution in [0.2, 0.25) is 0 Å². The highest BCUT2D eigenvalue weighted by molar-refractivity contribution is 5.67.